The second kappa shape index (κ2) is 5.31. The summed E-state index contributed by atoms with van der Waals surface area (Å²) in [5, 5.41) is 11.5. The van der Waals surface area contributed by atoms with Gasteiger partial charge in [0.15, 0.2) is 0 Å². The predicted molar refractivity (Wildman–Crippen MR) is 54.7 cm³/mol. The van der Waals surface area contributed by atoms with Gasteiger partial charge in [-0.15, -0.1) is 0 Å². The fourth-order valence-electron chi connectivity index (χ4n) is 1.09. The number of carbonyl (C=O) groups is 1. The van der Waals surface area contributed by atoms with Gasteiger partial charge in [0.25, 0.3) is 0 Å². The van der Waals surface area contributed by atoms with Crippen molar-refractivity contribution in [1.29, 1.82) is 0 Å². The minimum absolute atomic E-state index is 0.421. The van der Waals surface area contributed by atoms with E-state index < -0.39 is 12.0 Å². The average Bonchev–Trinajstić information content (AvgIpc) is 2.26. The summed E-state index contributed by atoms with van der Waals surface area (Å²) in [4.78, 5) is 14.6. The van der Waals surface area contributed by atoms with E-state index in [1.54, 1.807) is 19.2 Å². The molecule has 1 aromatic rings. The second-order valence-corrected chi connectivity index (χ2v) is 3.11. The predicted octanol–water partition coefficient (Wildman–Crippen LogP) is 0.653. The molecule has 0 saturated carbocycles. The Balaban J connectivity index is 2.60. The third-order valence-electron chi connectivity index (χ3n) is 2.01. The number of rotatable bonds is 5. The topological polar surface area (TPSA) is 71.5 Å². The molecule has 0 amide bonds. The molecule has 15 heavy (non-hydrogen) atoms. The van der Waals surface area contributed by atoms with Crippen molar-refractivity contribution in [3.8, 4) is 5.88 Å². The molecule has 0 radical (unpaired) electrons. The Bertz CT molecular complexity index is 341. The third-order valence-corrected chi connectivity index (χ3v) is 2.01. The van der Waals surface area contributed by atoms with Crippen LogP contribution < -0.4 is 10.1 Å². The Labute approximate surface area is 88.1 Å². The van der Waals surface area contributed by atoms with Crippen molar-refractivity contribution in [2.45, 2.75) is 19.5 Å². The van der Waals surface area contributed by atoms with E-state index in [4.69, 9.17) is 9.84 Å². The summed E-state index contributed by atoms with van der Waals surface area (Å²) < 4.78 is 5.04. The van der Waals surface area contributed by atoms with Gasteiger partial charge in [-0.3, -0.25) is 4.79 Å². The molecule has 1 aromatic heterocycles. The SMILES string of the molecule is COc1ncccc1CN[C@H](C)C(=O)O. The number of ether oxygens (including phenoxy) is 1. The van der Waals surface area contributed by atoms with Crippen LogP contribution in [0.2, 0.25) is 0 Å². The number of aromatic nitrogens is 1. The van der Waals surface area contributed by atoms with Crippen molar-refractivity contribution in [2.75, 3.05) is 7.11 Å². The molecule has 5 nitrogen and oxygen atoms in total. The number of carboxylic acids is 1. The molecule has 0 fully saturated rings. The molecule has 1 heterocycles. The minimum atomic E-state index is -0.877. The average molecular weight is 210 g/mol. The number of hydrogen-bond acceptors (Lipinski definition) is 4. The van der Waals surface area contributed by atoms with Crippen molar-refractivity contribution < 1.29 is 14.6 Å². The van der Waals surface area contributed by atoms with Crippen LogP contribution in [0.15, 0.2) is 18.3 Å². The largest absolute Gasteiger partial charge is 0.481 e. The molecule has 1 rings (SSSR count). The summed E-state index contributed by atoms with van der Waals surface area (Å²) in [6, 6.07) is 3.04. The Morgan fingerprint density at radius 1 is 1.73 bits per heavy atom. The molecule has 82 valence electrons. The van der Waals surface area contributed by atoms with Crippen LogP contribution in [0.4, 0.5) is 0 Å². The molecule has 0 aliphatic carbocycles. The first-order valence-electron chi connectivity index (χ1n) is 4.59. The number of aliphatic carboxylic acids is 1. The van der Waals surface area contributed by atoms with Gasteiger partial charge in [0.1, 0.15) is 6.04 Å². The van der Waals surface area contributed by atoms with Crippen LogP contribution >= 0.6 is 0 Å². The summed E-state index contributed by atoms with van der Waals surface area (Å²) in [7, 11) is 1.53. The van der Waals surface area contributed by atoms with Crippen LogP contribution in [-0.4, -0.2) is 29.2 Å². The molecule has 0 aromatic carbocycles. The number of nitrogens with one attached hydrogen (secondary N) is 1. The van der Waals surface area contributed by atoms with Gasteiger partial charge in [-0.25, -0.2) is 4.98 Å². The zero-order chi connectivity index (χ0) is 11.3. The van der Waals surface area contributed by atoms with Crippen molar-refractivity contribution in [3.63, 3.8) is 0 Å². The molecule has 0 spiro atoms. The lowest BCUT2D eigenvalue weighted by atomic mass is 10.2. The van der Waals surface area contributed by atoms with Crippen LogP contribution in [-0.2, 0) is 11.3 Å². The number of methoxy groups -OCH3 is 1. The lowest BCUT2D eigenvalue weighted by Gasteiger charge is -2.10. The van der Waals surface area contributed by atoms with E-state index in [-0.39, 0.29) is 0 Å². The summed E-state index contributed by atoms with van der Waals surface area (Å²) in [5.41, 5.74) is 0.841. The zero-order valence-electron chi connectivity index (χ0n) is 8.73. The summed E-state index contributed by atoms with van der Waals surface area (Å²) in [5.74, 6) is -0.361. The van der Waals surface area contributed by atoms with Crippen LogP contribution in [0.25, 0.3) is 0 Å². The molecule has 0 aliphatic rings. The van der Waals surface area contributed by atoms with E-state index in [9.17, 15) is 4.79 Å². The van der Waals surface area contributed by atoms with E-state index in [1.165, 1.54) is 7.11 Å². The summed E-state index contributed by atoms with van der Waals surface area (Å²) in [6.07, 6.45) is 1.63. The first-order valence-corrected chi connectivity index (χ1v) is 4.59. The van der Waals surface area contributed by atoms with Gasteiger partial charge >= 0.3 is 5.97 Å². The molecule has 0 aliphatic heterocycles. The maximum Gasteiger partial charge on any atom is 0.320 e. The highest BCUT2D eigenvalue weighted by molar-refractivity contribution is 5.72. The molecule has 5 heteroatoms. The lowest BCUT2D eigenvalue weighted by Crippen LogP contribution is -2.33. The molecule has 1 atom stereocenters. The number of carboxylic acid groups (broad SMARTS) is 1. The highest BCUT2D eigenvalue weighted by Gasteiger charge is 2.11. The molecule has 0 bridgehead atoms. The van der Waals surface area contributed by atoms with Gasteiger partial charge in [0, 0.05) is 18.3 Å². The summed E-state index contributed by atoms with van der Waals surface area (Å²) >= 11 is 0. The minimum Gasteiger partial charge on any atom is -0.481 e. The van der Waals surface area contributed by atoms with E-state index in [1.807, 2.05) is 6.07 Å². The van der Waals surface area contributed by atoms with E-state index in [2.05, 4.69) is 10.3 Å². The standard InChI is InChI=1S/C10H14N2O3/c1-7(10(13)14)12-6-8-4-3-5-11-9(8)15-2/h3-5,7,12H,6H2,1-2H3,(H,13,14)/t7-/m1/s1. The Morgan fingerprint density at radius 3 is 3.07 bits per heavy atom. The highest BCUT2D eigenvalue weighted by Crippen LogP contribution is 2.12. The summed E-state index contributed by atoms with van der Waals surface area (Å²) in [6.45, 7) is 2.01. The van der Waals surface area contributed by atoms with Gasteiger partial charge in [-0.05, 0) is 13.0 Å². The van der Waals surface area contributed by atoms with Crippen LogP contribution in [0, 0.1) is 0 Å². The first kappa shape index (κ1) is 11.5. The number of hydrogen-bond donors (Lipinski definition) is 2. The molecule has 0 saturated heterocycles. The number of pyridine rings is 1. The normalized spacial score (nSPS) is 12.1. The van der Waals surface area contributed by atoms with Crippen molar-refractivity contribution in [1.82, 2.24) is 10.3 Å². The molecule has 0 unspecified atom stereocenters. The van der Waals surface area contributed by atoms with Crippen LogP contribution in [0.5, 0.6) is 5.88 Å². The van der Waals surface area contributed by atoms with Gasteiger partial charge in [0.05, 0.1) is 7.11 Å². The zero-order valence-corrected chi connectivity index (χ0v) is 8.73. The van der Waals surface area contributed by atoms with Crippen LogP contribution in [0.1, 0.15) is 12.5 Å². The van der Waals surface area contributed by atoms with Crippen molar-refractivity contribution >= 4 is 5.97 Å². The van der Waals surface area contributed by atoms with Gasteiger partial charge < -0.3 is 15.2 Å². The Kier molecular flexibility index (Phi) is 4.05. The van der Waals surface area contributed by atoms with E-state index in [0.29, 0.717) is 12.4 Å². The van der Waals surface area contributed by atoms with Crippen molar-refractivity contribution in [2.24, 2.45) is 0 Å². The highest BCUT2D eigenvalue weighted by atomic mass is 16.5. The van der Waals surface area contributed by atoms with Gasteiger partial charge in [-0.1, -0.05) is 6.07 Å². The lowest BCUT2D eigenvalue weighted by molar-refractivity contribution is -0.139. The maximum atomic E-state index is 10.6. The quantitative estimate of drug-likeness (QED) is 0.746. The Hall–Kier alpha value is -1.62. The van der Waals surface area contributed by atoms with Crippen LogP contribution in [0.3, 0.4) is 0 Å². The monoisotopic (exact) mass is 210 g/mol. The fraction of sp³-hybridized carbons (Fsp3) is 0.400. The Morgan fingerprint density at radius 2 is 2.47 bits per heavy atom. The second-order valence-electron chi connectivity index (χ2n) is 3.11. The smallest absolute Gasteiger partial charge is 0.320 e. The van der Waals surface area contributed by atoms with E-state index >= 15 is 0 Å². The fourth-order valence-corrected chi connectivity index (χ4v) is 1.09. The van der Waals surface area contributed by atoms with Gasteiger partial charge in [-0.2, -0.15) is 0 Å². The first-order chi connectivity index (χ1) is 7.15. The molecular formula is C10H14N2O3. The van der Waals surface area contributed by atoms with E-state index in [0.717, 1.165) is 5.56 Å². The molecular weight excluding hydrogens is 196 g/mol. The van der Waals surface area contributed by atoms with Gasteiger partial charge in [0.2, 0.25) is 5.88 Å². The maximum absolute atomic E-state index is 10.6. The third kappa shape index (κ3) is 3.21. The molecule has 2 N–H and O–H groups in total. The number of nitrogens with zero attached hydrogens (tertiary/aromatic N) is 1. The van der Waals surface area contributed by atoms with Crippen molar-refractivity contribution in [3.05, 3.63) is 23.9 Å².